The molecule has 0 unspecified atom stereocenters. The molecule has 1 aromatic rings. The third kappa shape index (κ3) is 2.99. The minimum atomic E-state index is -0.0495. The van der Waals surface area contributed by atoms with Crippen LogP contribution in [0, 0.1) is 0 Å². The summed E-state index contributed by atoms with van der Waals surface area (Å²) in [6.07, 6.45) is 5.29. The van der Waals surface area contributed by atoms with E-state index in [0.29, 0.717) is 23.4 Å². The number of rotatable bonds is 3. The lowest BCUT2D eigenvalue weighted by atomic mass is 10.0. The minimum absolute atomic E-state index is 0.0495. The molecule has 1 aromatic heterocycles. The molecule has 0 saturated carbocycles. The van der Waals surface area contributed by atoms with E-state index in [0.717, 1.165) is 50.3 Å². The Balaban J connectivity index is 1.64. The van der Waals surface area contributed by atoms with Gasteiger partial charge in [-0.15, -0.1) is 0 Å². The molecule has 5 nitrogen and oxygen atoms in total. The number of aliphatic hydroxyl groups excluding tert-OH is 1. The quantitative estimate of drug-likeness (QED) is 0.925. The molecular formula is C15H20ClN3O2. The van der Waals surface area contributed by atoms with Gasteiger partial charge in [0.1, 0.15) is 5.82 Å². The summed E-state index contributed by atoms with van der Waals surface area (Å²) < 4.78 is 0. The van der Waals surface area contributed by atoms with Gasteiger partial charge in [-0.25, -0.2) is 4.98 Å². The normalized spacial score (nSPS) is 20.4. The zero-order chi connectivity index (χ0) is 14.8. The number of halogens is 1. The number of carbonyl (C=O) groups is 1. The number of carbonyl (C=O) groups excluding carboxylic acids is 1. The highest BCUT2D eigenvalue weighted by molar-refractivity contribution is 6.33. The average molecular weight is 310 g/mol. The standard InChI is InChI=1S/C15H20ClN3O2/c16-13-8-11(10-20)9-17-15(13)18-6-3-12(4-7-18)19-5-1-2-14(19)21/h8-9,12,20H,1-7,10H2. The fourth-order valence-electron chi connectivity index (χ4n) is 3.23. The van der Waals surface area contributed by atoms with Gasteiger partial charge in [-0.2, -0.15) is 0 Å². The summed E-state index contributed by atoms with van der Waals surface area (Å²) in [7, 11) is 0. The molecule has 2 saturated heterocycles. The van der Waals surface area contributed by atoms with Gasteiger partial charge in [-0.3, -0.25) is 4.79 Å². The number of aliphatic hydroxyl groups is 1. The Bertz CT molecular complexity index is 530. The number of hydrogen-bond donors (Lipinski definition) is 1. The van der Waals surface area contributed by atoms with E-state index in [4.69, 9.17) is 16.7 Å². The van der Waals surface area contributed by atoms with E-state index in [9.17, 15) is 4.79 Å². The molecule has 0 aliphatic carbocycles. The molecule has 21 heavy (non-hydrogen) atoms. The highest BCUT2D eigenvalue weighted by atomic mass is 35.5. The molecule has 2 fully saturated rings. The van der Waals surface area contributed by atoms with Gasteiger partial charge in [0.15, 0.2) is 0 Å². The van der Waals surface area contributed by atoms with Crippen LogP contribution in [0.25, 0.3) is 0 Å². The number of nitrogens with zero attached hydrogens (tertiary/aromatic N) is 3. The number of pyridine rings is 1. The van der Waals surface area contributed by atoms with Crippen LogP contribution >= 0.6 is 11.6 Å². The van der Waals surface area contributed by atoms with Crippen molar-refractivity contribution >= 4 is 23.3 Å². The Hall–Kier alpha value is -1.33. The van der Waals surface area contributed by atoms with Crippen LogP contribution in [0.2, 0.25) is 5.02 Å². The van der Waals surface area contributed by atoms with Crippen LogP contribution in [0.5, 0.6) is 0 Å². The maximum atomic E-state index is 11.8. The molecule has 3 heterocycles. The van der Waals surface area contributed by atoms with Crippen LogP contribution < -0.4 is 4.90 Å². The SMILES string of the molecule is O=C1CCCN1C1CCN(c2ncc(CO)cc2Cl)CC1. The second-order valence-electron chi connectivity index (χ2n) is 5.72. The lowest BCUT2D eigenvalue weighted by Crippen LogP contribution is -2.45. The largest absolute Gasteiger partial charge is 0.392 e. The maximum Gasteiger partial charge on any atom is 0.222 e. The van der Waals surface area contributed by atoms with Gasteiger partial charge in [0.2, 0.25) is 5.91 Å². The van der Waals surface area contributed by atoms with Crippen LogP contribution in [0.15, 0.2) is 12.3 Å². The molecule has 0 spiro atoms. The molecule has 114 valence electrons. The summed E-state index contributed by atoms with van der Waals surface area (Å²) >= 11 is 6.25. The summed E-state index contributed by atoms with van der Waals surface area (Å²) in [5.74, 6) is 1.08. The zero-order valence-electron chi connectivity index (χ0n) is 12.0. The van der Waals surface area contributed by atoms with Crippen molar-refractivity contribution in [3.8, 4) is 0 Å². The molecular weight excluding hydrogens is 290 g/mol. The summed E-state index contributed by atoms with van der Waals surface area (Å²) in [5.41, 5.74) is 0.723. The van der Waals surface area contributed by atoms with Crippen molar-refractivity contribution in [1.29, 1.82) is 0 Å². The lowest BCUT2D eigenvalue weighted by molar-refractivity contribution is -0.130. The summed E-state index contributed by atoms with van der Waals surface area (Å²) in [5, 5.41) is 9.68. The summed E-state index contributed by atoms with van der Waals surface area (Å²) in [4.78, 5) is 20.4. The molecule has 0 aromatic carbocycles. The molecule has 1 amide bonds. The molecule has 0 atom stereocenters. The fraction of sp³-hybridized carbons (Fsp3) is 0.600. The highest BCUT2D eigenvalue weighted by Gasteiger charge is 2.31. The first-order valence-corrected chi connectivity index (χ1v) is 7.86. The van der Waals surface area contributed by atoms with Crippen molar-refractivity contribution in [3.05, 3.63) is 22.8 Å². The Labute approximate surface area is 129 Å². The Morgan fingerprint density at radius 1 is 1.33 bits per heavy atom. The number of likely N-dealkylation sites (tertiary alicyclic amines) is 1. The van der Waals surface area contributed by atoms with Gasteiger partial charge in [0.25, 0.3) is 0 Å². The van der Waals surface area contributed by atoms with Gasteiger partial charge in [-0.05, 0) is 30.9 Å². The number of piperidine rings is 1. The zero-order valence-corrected chi connectivity index (χ0v) is 12.7. The fourth-order valence-corrected chi connectivity index (χ4v) is 3.54. The van der Waals surface area contributed by atoms with Crippen molar-refractivity contribution in [2.45, 2.75) is 38.3 Å². The number of hydrogen-bond acceptors (Lipinski definition) is 4. The summed E-state index contributed by atoms with van der Waals surface area (Å²) in [6, 6.07) is 2.13. The number of amides is 1. The van der Waals surface area contributed by atoms with Crippen molar-refractivity contribution in [2.75, 3.05) is 24.5 Å². The van der Waals surface area contributed by atoms with Crippen LogP contribution in [0.4, 0.5) is 5.82 Å². The van der Waals surface area contributed by atoms with Crippen LogP contribution in [-0.4, -0.2) is 46.6 Å². The second-order valence-corrected chi connectivity index (χ2v) is 6.12. The van der Waals surface area contributed by atoms with Crippen molar-refractivity contribution < 1.29 is 9.90 Å². The minimum Gasteiger partial charge on any atom is -0.392 e. The van der Waals surface area contributed by atoms with E-state index in [1.807, 2.05) is 4.90 Å². The monoisotopic (exact) mass is 309 g/mol. The predicted octanol–water partition coefficient (Wildman–Crippen LogP) is 1.82. The van der Waals surface area contributed by atoms with Crippen molar-refractivity contribution in [1.82, 2.24) is 9.88 Å². The first kappa shape index (κ1) is 14.6. The molecule has 1 N–H and O–H groups in total. The third-order valence-corrected chi connectivity index (χ3v) is 4.65. The molecule has 3 rings (SSSR count). The van der Waals surface area contributed by atoms with Crippen molar-refractivity contribution in [2.24, 2.45) is 0 Å². The molecule has 6 heteroatoms. The first-order valence-electron chi connectivity index (χ1n) is 7.48. The van der Waals surface area contributed by atoms with Crippen LogP contribution in [0.3, 0.4) is 0 Å². The number of anilines is 1. The van der Waals surface area contributed by atoms with E-state index in [2.05, 4.69) is 9.88 Å². The first-order chi connectivity index (χ1) is 10.2. The lowest BCUT2D eigenvalue weighted by Gasteiger charge is -2.37. The van der Waals surface area contributed by atoms with E-state index < -0.39 is 0 Å². The van der Waals surface area contributed by atoms with E-state index in [1.165, 1.54) is 0 Å². The summed E-state index contributed by atoms with van der Waals surface area (Å²) in [6.45, 7) is 2.58. The van der Waals surface area contributed by atoms with E-state index in [-0.39, 0.29) is 6.61 Å². The Kier molecular flexibility index (Phi) is 4.31. The number of aromatic nitrogens is 1. The van der Waals surface area contributed by atoms with Gasteiger partial charge < -0.3 is 14.9 Å². The molecule has 2 aliphatic heterocycles. The van der Waals surface area contributed by atoms with Gasteiger partial charge in [0.05, 0.1) is 11.6 Å². The Morgan fingerprint density at radius 3 is 2.67 bits per heavy atom. The highest BCUT2D eigenvalue weighted by Crippen LogP contribution is 2.29. The molecule has 2 aliphatic rings. The topological polar surface area (TPSA) is 56.7 Å². The van der Waals surface area contributed by atoms with Gasteiger partial charge >= 0.3 is 0 Å². The smallest absolute Gasteiger partial charge is 0.222 e. The van der Waals surface area contributed by atoms with E-state index >= 15 is 0 Å². The van der Waals surface area contributed by atoms with Crippen LogP contribution in [-0.2, 0) is 11.4 Å². The average Bonchev–Trinajstić information content (AvgIpc) is 2.93. The predicted molar refractivity (Wildman–Crippen MR) is 81.4 cm³/mol. The second kappa shape index (κ2) is 6.20. The van der Waals surface area contributed by atoms with Gasteiger partial charge in [0, 0.05) is 38.3 Å². The van der Waals surface area contributed by atoms with Gasteiger partial charge in [-0.1, -0.05) is 11.6 Å². The Morgan fingerprint density at radius 2 is 2.10 bits per heavy atom. The maximum absolute atomic E-state index is 11.8. The van der Waals surface area contributed by atoms with Crippen molar-refractivity contribution in [3.63, 3.8) is 0 Å². The third-order valence-electron chi connectivity index (χ3n) is 4.38. The molecule has 0 bridgehead atoms. The van der Waals surface area contributed by atoms with E-state index in [1.54, 1.807) is 12.3 Å². The van der Waals surface area contributed by atoms with Crippen LogP contribution in [0.1, 0.15) is 31.2 Å². The molecule has 0 radical (unpaired) electrons.